The number of ether oxygens (including phenoxy) is 2. The SMILES string of the molecule is COC(=O)c1ccc(C(=O)OC)c(S(=O)(=O)NC2(CN)CCCC2)c1. The Labute approximate surface area is 146 Å². The Hall–Kier alpha value is -1.97. The number of hydrogen-bond donors (Lipinski definition) is 2. The zero-order valence-electron chi connectivity index (χ0n) is 14.2. The van der Waals surface area contributed by atoms with Gasteiger partial charge in [0, 0.05) is 12.1 Å². The van der Waals surface area contributed by atoms with E-state index in [1.807, 2.05) is 0 Å². The minimum atomic E-state index is -4.10. The highest BCUT2D eigenvalue weighted by Gasteiger charge is 2.38. The summed E-state index contributed by atoms with van der Waals surface area (Å²) in [6.45, 7) is 0.149. The number of rotatable bonds is 6. The normalized spacial score (nSPS) is 16.4. The van der Waals surface area contributed by atoms with Gasteiger partial charge >= 0.3 is 11.9 Å². The molecule has 0 heterocycles. The van der Waals surface area contributed by atoms with Gasteiger partial charge in [0.25, 0.3) is 0 Å². The number of benzene rings is 1. The lowest BCUT2D eigenvalue weighted by Gasteiger charge is -2.28. The minimum absolute atomic E-state index is 0.0174. The number of esters is 2. The van der Waals surface area contributed by atoms with Gasteiger partial charge in [0.2, 0.25) is 10.0 Å². The van der Waals surface area contributed by atoms with Crippen molar-refractivity contribution < 1.29 is 27.5 Å². The Balaban J connectivity index is 2.52. The number of hydrogen-bond acceptors (Lipinski definition) is 7. The maximum absolute atomic E-state index is 12.9. The molecule has 0 bridgehead atoms. The molecule has 0 aliphatic heterocycles. The quantitative estimate of drug-likeness (QED) is 0.710. The van der Waals surface area contributed by atoms with Gasteiger partial charge in [0.15, 0.2) is 0 Å². The van der Waals surface area contributed by atoms with E-state index in [4.69, 9.17) is 5.73 Å². The van der Waals surface area contributed by atoms with Crippen LogP contribution in [-0.4, -0.2) is 46.7 Å². The predicted octanol–water partition coefficient (Wildman–Crippen LogP) is 0.810. The number of carbonyl (C=O) groups excluding carboxylic acids is 2. The summed E-state index contributed by atoms with van der Waals surface area (Å²) in [4.78, 5) is 23.4. The van der Waals surface area contributed by atoms with Gasteiger partial charge in [-0.1, -0.05) is 12.8 Å². The van der Waals surface area contributed by atoms with Crippen LogP contribution in [-0.2, 0) is 19.5 Å². The van der Waals surface area contributed by atoms with Gasteiger partial charge in [0.05, 0.1) is 30.2 Å². The van der Waals surface area contributed by atoms with Crippen molar-refractivity contribution in [2.75, 3.05) is 20.8 Å². The van der Waals surface area contributed by atoms with Crippen molar-refractivity contribution in [3.05, 3.63) is 29.3 Å². The minimum Gasteiger partial charge on any atom is -0.465 e. The zero-order valence-corrected chi connectivity index (χ0v) is 15.0. The van der Waals surface area contributed by atoms with Crippen LogP contribution in [0.5, 0.6) is 0 Å². The molecular weight excluding hydrogens is 348 g/mol. The standard InChI is InChI=1S/C16H22N2O6S/c1-23-14(19)11-5-6-12(15(20)24-2)13(9-11)25(21,22)18-16(10-17)7-3-4-8-16/h5-6,9,18H,3-4,7-8,10,17H2,1-2H3. The molecule has 1 fully saturated rings. The summed E-state index contributed by atoms with van der Waals surface area (Å²) < 4.78 is 37.7. The van der Waals surface area contributed by atoms with E-state index in [0.717, 1.165) is 26.0 Å². The summed E-state index contributed by atoms with van der Waals surface area (Å²) in [6.07, 6.45) is 2.97. The molecule has 1 saturated carbocycles. The van der Waals surface area contributed by atoms with E-state index in [0.29, 0.717) is 12.8 Å². The topological polar surface area (TPSA) is 125 Å². The van der Waals surface area contributed by atoms with Gasteiger partial charge in [-0.05, 0) is 31.0 Å². The smallest absolute Gasteiger partial charge is 0.339 e. The monoisotopic (exact) mass is 370 g/mol. The third-order valence-electron chi connectivity index (χ3n) is 4.40. The second-order valence-electron chi connectivity index (χ2n) is 5.99. The van der Waals surface area contributed by atoms with Crippen molar-refractivity contribution >= 4 is 22.0 Å². The molecule has 0 spiro atoms. The van der Waals surface area contributed by atoms with Crippen LogP contribution in [0.1, 0.15) is 46.4 Å². The number of methoxy groups -OCH3 is 2. The van der Waals surface area contributed by atoms with Gasteiger partial charge in [-0.25, -0.2) is 22.7 Å². The first kappa shape index (κ1) is 19.4. The molecule has 0 atom stereocenters. The van der Waals surface area contributed by atoms with Crippen molar-refractivity contribution in [2.45, 2.75) is 36.1 Å². The highest BCUT2D eigenvalue weighted by atomic mass is 32.2. The van der Waals surface area contributed by atoms with E-state index in [2.05, 4.69) is 14.2 Å². The van der Waals surface area contributed by atoms with Crippen molar-refractivity contribution in [3.63, 3.8) is 0 Å². The van der Waals surface area contributed by atoms with E-state index in [9.17, 15) is 18.0 Å². The summed E-state index contributed by atoms with van der Waals surface area (Å²) in [7, 11) is -1.77. The Morgan fingerprint density at radius 1 is 1.16 bits per heavy atom. The van der Waals surface area contributed by atoms with Crippen LogP contribution in [0.25, 0.3) is 0 Å². The largest absolute Gasteiger partial charge is 0.465 e. The molecule has 9 heteroatoms. The molecule has 138 valence electrons. The molecule has 3 N–H and O–H groups in total. The van der Waals surface area contributed by atoms with Crippen LogP contribution in [0, 0.1) is 0 Å². The molecule has 1 aromatic rings. The van der Waals surface area contributed by atoms with Crippen molar-refractivity contribution in [2.24, 2.45) is 5.73 Å². The lowest BCUT2D eigenvalue weighted by Crippen LogP contribution is -2.51. The van der Waals surface area contributed by atoms with Crippen LogP contribution in [0.15, 0.2) is 23.1 Å². The third-order valence-corrected chi connectivity index (χ3v) is 6.02. The summed E-state index contributed by atoms with van der Waals surface area (Å²) >= 11 is 0. The fourth-order valence-corrected chi connectivity index (χ4v) is 4.70. The van der Waals surface area contributed by atoms with Crippen LogP contribution >= 0.6 is 0 Å². The summed E-state index contributed by atoms with van der Waals surface area (Å²) in [6, 6.07) is 3.65. The first-order chi connectivity index (χ1) is 11.8. The van der Waals surface area contributed by atoms with E-state index < -0.39 is 27.5 Å². The molecular formula is C16H22N2O6S. The average Bonchev–Trinajstić information content (AvgIpc) is 3.08. The van der Waals surface area contributed by atoms with E-state index in [1.54, 1.807) is 0 Å². The molecule has 1 aliphatic rings. The number of nitrogens with one attached hydrogen (secondary N) is 1. The summed E-state index contributed by atoms with van der Waals surface area (Å²) in [5.41, 5.74) is 4.90. The van der Waals surface area contributed by atoms with Crippen molar-refractivity contribution in [3.8, 4) is 0 Å². The van der Waals surface area contributed by atoms with Crippen molar-refractivity contribution in [1.29, 1.82) is 0 Å². The Morgan fingerprint density at radius 2 is 1.76 bits per heavy atom. The highest BCUT2D eigenvalue weighted by Crippen LogP contribution is 2.31. The first-order valence-electron chi connectivity index (χ1n) is 7.83. The fraction of sp³-hybridized carbons (Fsp3) is 0.500. The van der Waals surface area contributed by atoms with Crippen molar-refractivity contribution in [1.82, 2.24) is 4.72 Å². The van der Waals surface area contributed by atoms with E-state index >= 15 is 0 Å². The molecule has 8 nitrogen and oxygen atoms in total. The highest BCUT2D eigenvalue weighted by molar-refractivity contribution is 7.89. The Bertz CT molecular complexity index is 769. The summed E-state index contributed by atoms with van der Waals surface area (Å²) in [5, 5.41) is 0. The maximum Gasteiger partial charge on any atom is 0.339 e. The second kappa shape index (κ2) is 7.51. The second-order valence-corrected chi connectivity index (χ2v) is 7.64. The van der Waals surface area contributed by atoms with Gasteiger partial charge in [-0.15, -0.1) is 0 Å². The molecule has 25 heavy (non-hydrogen) atoms. The Kier molecular flexibility index (Phi) is 5.81. The Morgan fingerprint density at radius 3 is 2.28 bits per heavy atom. The zero-order chi connectivity index (χ0) is 18.7. The van der Waals surface area contributed by atoms with Crippen LogP contribution < -0.4 is 10.5 Å². The third kappa shape index (κ3) is 4.00. The molecule has 1 aromatic carbocycles. The molecule has 0 unspecified atom stereocenters. The number of carbonyl (C=O) groups is 2. The van der Waals surface area contributed by atoms with Gasteiger partial charge < -0.3 is 15.2 Å². The van der Waals surface area contributed by atoms with E-state index in [1.165, 1.54) is 19.2 Å². The lowest BCUT2D eigenvalue weighted by molar-refractivity contribution is 0.0583. The molecule has 0 saturated heterocycles. The average molecular weight is 370 g/mol. The number of sulfonamides is 1. The van der Waals surface area contributed by atoms with Crippen LogP contribution in [0.4, 0.5) is 0 Å². The molecule has 0 aromatic heterocycles. The number of nitrogens with two attached hydrogens (primary N) is 1. The molecule has 0 amide bonds. The molecule has 0 radical (unpaired) electrons. The summed E-state index contributed by atoms with van der Waals surface area (Å²) in [5.74, 6) is -1.52. The van der Waals surface area contributed by atoms with Gasteiger partial charge in [0.1, 0.15) is 0 Å². The van der Waals surface area contributed by atoms with Crippen LogP contribution in [0.3, 0.4) is 0 Å². The first-order valence-corrected chi connectivity index (χ1v) is 9.31. The molecule has 2 rings (SSSR count). The maximum atomic E-state index is 12.9. The van der Waals surface area contributed by atoms with E-state index in [-0.39, 0.29) is 22.6 Å². The fourth-order valence-electron chi connectivity index (χ4n) is 3.01. The van der Waals surface area contributed by atoms with Gasteiger partial charge in [-0.3, -0.25) is 0 Å². The predicted molar refractivity (Wildman–Crippen MR) is 89.7 cm³/mol. The van der Waals surface area contributed by atoms with Crippen LogP contribution in [0.2, 0.25) is 0 Å². The molecule has 1 aliphatic carbocycles. The lowest BCUT2D eigenvalue weighted by atomic mass is 10.0. The van der Waals surface area contributed by atoms with Gasteiger partial charge in [-0.2, -0.15) is 0 Å².